The minimum Gasteiger partial charge on any atom is -0.397 e. The standard InChI is InChI=1S/C15H19N3OS2/c1-20-10-6-4-9(5-7-10)18-14(19)13-12(16)11-3-2-8-17-15(11)21-13/h2-3,8-10H,4-7,16H2,1H3,(H,18,19). The van der Waals surface area contributed by atoms with Crippen LogP contribution in [0.25, 0.3) is 10.2 Å². The number of aromatic nitrogens is 1. The van der Waals surface area contributed by atoms with Crippen molar-refractivity contribution in [2.75, 3.05) is 12.0 Å². The van der Waals surface area contributed by atoms with Gasteiger partial charge in [-0.2, -0.15) is 11.8 Å². The number of hydrogen-bond donors (Lipinski definition) is 2. The van der Waals surface area contributed by atoms with Gasteiger partial charge in [-0.05, 0) is 44.1 Å². The van der Waals surface area contributed by atoms with Crippen LogP contribution in [0.4, 0.5) is 5.69 Å². The Morgan fingerprint density at radius 1 is 1.43 bits per heavy atom. The van der Waals surface area contributed by atoms with Gasteiger partial charge in [-0.1, -0.05) is 0 Å². The number of carbonyl (C=O) groups excluding carboxylic acids is 1. The van der Waals surface area contributed by atoms with Gasteiger partial charge < -0.3 is 11.1 Å². The molecule has 3 rings (SSSR count). The van der Waals surface area contributed by atoms with Crippen LogP contribution in [0.1, 0.15) is 35.4 Å². The maximum absolute atomic E-state index is 12.4. The Morgan fingerprint density at radius 3 is 2.86 bits per heavy atom. The predicted octanol–water partition coefficient (Wildman–Crippen LogP) is 3.28. The molecule has 0 aliphatic heterocycles. The molecule has 2 aromatic heterocycles. The van der Waals surface area contributed by atoms with Crippen molar-refractivity contribution in [2.45, 2.75) is 37.0 Å². The molecule has 2 aromatic rings. The molecule has 6 heteroatoms. The molecule has 1 fully saturated rings. The van der Waals surface area contributed by atoms with E-state index in [1.54, 1.807) is 6.20 Å². The smallest absolute Gasteiger partial charge is 0.263 e. The number of hydrogen-bond acceptors (Lipinski definition) is 5. The van der Waals surface area contributed by atoms with Crippen molar-refractivity contribution >= 4 is 44.9 Å². The molecule has 112 valence electrons. The Kier molecular flexibility index (Phi) is 4.35. The molecule has 1 aliphatic rings. The van der Waals surface area contributed by atoms with E-state index in [2.05, 4.69) is 16.6 Å². The van der Waals surface area contributed by atoms with E-state index >= 15 is 0 Å². The van der Waals surface area contributed by atoms with Gasteiger partial charge in [0, 0.05) is 22.9 Å². The summed E-state index contributed by atoms with van der Waals surface area (Å²) in [5.41, 5.74) is 6.65. The number of thiophene rings is 1. The summed E-state index contributed by atoms with van der Waals surface area (Å²) >= 11 is 3.30. The average Bonchev–Trinajstić information content (AvgIpc) is 2.86. The Balaban J connectivity index is 1.71. The molecule has 3 N–H and O–H groups in total. The van der Waals surface area contributed by atoms with E-state index in [4.69, 9.17) is 5.73 Å². The highest BCUT2D eigenvalue weighted by atomic mass is 32.2. The molecular formula is C15H19N3OS2. The Hall–Kier alpha value is -1.27. The summed E-state index contributed by atoms with van der Waals surface area (Å²) in [5, 5.41) is 4.76. The summed E-state index contributed by atoms with van der Waals surface area (Å²) in [4.78, 5) is 18.1. The van der Waals surface area contributed by atoms with E-state index in [-0.39, 0.29) is 11.9 Å². The second-order valence-electron chi connectivity index (χ2n) is 5.38. The number of amides is 1. The third kappa shape index (κ3) is 3.01. The fraction of sp³-hybridized carbons (Fsp3) is 0.467. The lowest BCUT2D eigenvalue weighted by molar-refractivity contribution is 0.0933. The van der Waals surface area contributed by atoms with Crippen LogP contribution in [-0.4, -0.2) is 28.4 Å². The SMILES string of the molecule is CSC1CCC(NC(=O)c2sc3ncccc3c2N)CC1. The Morgan fingerprint density at radius 2 is 2.19 bits per heavy atom. The minimum absolute atomic E-state index is 0.0527. The van der Waals surface area contributed by atoms with Crippen molar-refractivity contribution in [3.63, 3.8) is 0 Å². The molecule has 1 amide bonds. The van der Waals surface area contributed by atoms with Crippen LogP contribution in [0.3, 0.4) is 0 Å². The third-order valence-electron chi connectivity index (χ3n) is 4.05. The van der Waals surface area contributed by atoms with Crippen LogP contribution >= 0.6 is 23.1 Å². The second kappa shape index (κ2) is 6.23. The van der Waals surface area contributed by atoms with Crippen LogP contribution in [0.2, 0.25) is 0 Å². The van der Waals surface area contributed by atoms with Gasteiger partial charge in [-0.3, -0.25) is 4.79 Å². The maximum Gasteiger partial charge on any atom is 0.263 e. The first kappa shape index (κ1) is 14.7. The highest BCUT2D eigenvalue weighted by molar-refractivity contribution is 7.99. The van der Waals surface area contributed by atoms with Crippen molar-refractivity contribution in [1.82, 2.24) is 10.3 Å². The molecule has 0 saturated heterocycles. The summed E-state index contributed by atoms with van der Waals surface area (Å²) in [5.74, 6) is -0.0527. The molecule has 1 saturated carbocycles. The summed E-state index contributed by atoms with van der Waals surface area (Å²) < 4.78 is 0. The first-order chi connectivity index (χ1) is 10.2. The summed E-state index contributed by atoms with van der Waals surface area (Å²) in [6, 6.07) is 4.03. The third-order valence-corrected chi connectivity index (χ3v) is 6.32. The van der Waals surface area contributed by atoms with Crippen molar-refractivity contribution in [1.29, 1.82) is 0 Å². The zero-order chi connectivity index (χ0) is 14.8. The fourth-order valence-corrected chi connectivity index (χ4v) is 4.52. The van der Waals surface area contributed by atoms with Gasteiger partial charge in [0.15, 0.2) is 0 Å². The molecule has 0 unspecified atom stereocenters. The molecule has 21 heavy (non-hydrogen) atoms. The lowest BCUT2D eigenvalue weighted by Gasteiger charge is -2.27. The second-order valence-corrected chi connectivity index (χ2v) is 7.52. The number of pyridine rings is 1. The van der Waals surface area contributed by atoms with Crippen LogP contribution in [0.15, 0.2) is 18.3 Å². The van der Waals surface area contributed by atoms with Crippen LogP contribution in [0, 0.1) is 0 Å². The normalized spacial score (nSPS) is 22.3. The van der Waals surface area contributed by atoms with Crippen molar-refractivity contribution in [3.05, 3.63) is 23.2 Å². The average molecular weight is 321 g/mol. The number of thioether (sulfide) groups is 1. The summed E-state index contributed by atoms with van der Waals surface area (Å²) in [7, 11) is 0. The molecule has 2 heterocycles. The van der Waals surface area contributed by atoms with Crippen molar-refractivity contribution in [2.24, 2.45) is 0 Å². The zero-order valence-corrected chi connectivity index (χ0v) is 13.6. The van der Waals surface area contributed by atoms with Gasteiger partial charge in [-0.15, -0.1) is 11.3 Å². The van der Waals surface area contributed by atoms with Gasteiger partial charge in [0.05, 0.1) is 5.69 Å². The summed E-state index contributed by atoms with van der Waals surface area (Å²) in [6.45, 7) is 0. The fourth-order valence-electron chi connectivity index (χ4n) is 2.81. The maximum atomic E-state index is 12.4. The molecule has 1 aliphatic carbocycles. The van der Waals surface area contributed by atoms with E-state index in [9.17, 15) is 4.79 Å². The molecule has 0 spiro atoms. The number of carbonyl (C=O) groups is 1. The highest BCUT2D eigenvalue weighted by Gasteiger charge is 2.24. The number of anilines is 1. The number of nitrogen functional groups attached to an aromatic ring is 1. The number of rotatable bonds is 3. The Labute approximate surface area is 132 Å². The molecule has 0 atom stereocenters. The van der Waals surface area contributed by atoms with Crippen LogP contribution in [-0.2, 0) is 0 Å². The summed E-state index contributed by atoms with van der Waals surface area (Å²) in [6.07, 6.45) is 8.35. The predicted molar refractivity (Wildman–Crippen MR) is 91.1 cm³/mol. The minimum atomic E-state index is -0.0527. The first-order valence-corrected chi connectivity index (χ1v) is 9.26. The van der Waals surface area contributed by atoms with Gasteiger partial charge in [0.1, 0.15) is 9.71 Å². The van der Waals surface area contributed by atoms with Gasteiger partial charge >= 0.3 is 0 Å². The number of nitrogens with zero attached hydrogens (tertiary/aromatic N) is 1. The number of fused-ring (bicyclic) bond motifs is 1. The highest BCUT2D eigenvalue weighted by Crippen LogP contribution is 2.32. The van der Waals surface area contributed by atoms with E-state index < -0.39 is 0 Å². The lowest BCUT2D eigenvalue weighted by atomic mass is 9.95. The van der Waals surface area contributed by atoms with Gasteiger partial charge in [0.25, 0.3) is 5.91 Å². The van der Waals surface area contributed by atoms with Crippen LogP contribution in [0.5, 0.6) is 0 Å². The van der Waals surface area contributed by atoms with Gasteiger partial charge in [0.2, 0.25) is 0 Å². The monoisotopic (exact) mass is 321 g/mol. The number of nitrogens with two attached hydrogens (primary N) is 1. The van der Waals surface area contributed by atoms with Gasteiger partial charge in [-0.25, -0.2) is 4.98 Å². The lowest BCUT2D eigenvalue weighted by Crippen LogP contribution is -2.38. The van der Waals surface area contributed by atoms with Crippen molar-refractivity contribution < 1.29 is 4.79 Å². The molecule has 4 nitrogen and oxygen atoms in total. The van der Waals surface area contributed by atoms with Crippen molar-refractivity contribution in [3.8, 4) is 0 Å². The van der Waals surface area contributed by atoms with E-state index in [0.717, 1.165) is 28.3 Å². The topological polar surface area (TPSA) is 68.0 Å². The van der Waals surface area contributed by atoms with Crippen LogP contribution < -0.4 is 11.1 Å². The largest absolute Gasteiger partial charge is 0.397 e. The van der Waals surface area contributed by atoms with E-state index in [1.165, 1.54) is 24.2 Å². The first-order valence-electron chi connectivity index (χ1n) is 7.15. The zero-order valence-electron chi connectivity index (χ0n) is 12.0. The molecule has 0 bridgehead atoms. The van der Waals surface area contributed by atoms with E-state index in [0.29, 0.717) is 10.6 Å². The quantitative estimate of drug-likeness (QED) is 0.910. The Bertz CT molecular complexity index is 647. The molecule has 0 radical (unpaired) electrons. The van der Waals surface area contributed by atoms with E-state index in [1.807, 2.05) is 23.9 Å². The molecular weight excluding hydrogens is 302 g/mol. The number of nitrogens with one attached hydrogen (secondary N) is 1. The molecule has 0 aromatic carbocycles.